The van der Waals surface area contributed by atoms with Crippen molar-refractivity contribution in [1.29, 1.82) is 0 Å². The molecule has 0 saturated heterocycles. The molecule has 10 heteroatoms. The van der Waals surface area contributed by atoms with Gasteiger partial charge in [0.15, 0.2) is 0 Å². The van der Waals surface area contributed by atoms with Crippen LogP contribution in [0.2, 0.25) is 10.0 Å². The molecule has 2 heterocycles. The number of carbonyl (C=O) groups is 2. The molecule has 0 radical (unpaired) electrons. The number of benzene rings is 5. The van der Waals surface area contributed by atoms with Gasteiger partial charge in [0.25, 0.3) is 11.8 Å². The number of hydrazone groups is 2. The van der Waals surface area contributed by atoms with Gasteiger partial charge in [-0.3, -0.25) is 9.59 Å². The van der Waals surface area contributed by atoms with Crippen molar-refractivity contribution in [2.75, 3.05) is 0 Å². The molecule has 0 bridgehead atoms. The Kier molecular flexibility index (Phi) is 9.29. The fourth-order valence-electron chi connectivity index (χ4n) is 5.89. The molecule has 0 fully saturated rings. The number of rotatable bonds is 9. The van der Waals surface area contributed by atoms with Gasteiger partial charge in [0, 0.05) is 61.3 Å². The SMILES string of the molecule is Cc1ccc(C(c2c[nH]c3ccc(C(=O)N/N=C/c4ccc(Cl)cc4)cc23)c2c[nH]c3ccc(C(=O)N/N=C/c4ccc(Cl)cc4)cc23)cc1. The van der Waals surface area contributed by atoms with Crippen molar-refractivity contribution >= 4 is 69.3 Å². The van der Waals surface area contributed by atoms with Crippen molar-refractivity contribution in [2.24, 2.45) is 10.2 Å². The second kappa shape index (κ2) is 14.3. The minimum atomic E-state index is -0.336. The second-order valence-corrected chi connectivity index (χ2v) is 12.7. The highest BCUT2D eigenvalue weighted by atomic mass is 35.5. The van der Waals surface area contributed by atoms with Crippen LogP contribution in [0, 0.1) is 6.92 Å². The van der Waals surface area contributed by atoms with E-state index in [1.54, 1.807) is 48.8 Å². The van der Waals surface area contributed by atoms with Gasteiger partial charge in [-0.15, -0.1) is 0 Å². The zero-order chi connectivity index (χ0) is 34.6. The van der Waals surface area contributed by atoms with Crippen molar-refractivity contribution in [3.05, 3.63) is 176 Å². The summed E-state index contributed by atoms with van der Waals surface area (Å²) in [4.78, 5) is 33.2. The highest BCUT2D eigenvalue weighted by Gasteiger charge is 2.24. The Morgan fingerprint density at radius 1 is 0.620 bits per heavy atom. The summed E-state index contributed by atoms with van der Waals surface area (Å²) >= 11 is 11.9. The normalized spacial score (nSPS) is 11.7. The van der Waals surface area contributed by atoms with Crippen molar-refractivity contribution in [2.45, 2.75) is 12.8 Å². The Morgan fingerprint density at radius 3 is 1.50 bits per heavy atom. The third kappa shape index (κ3) is 7.08. The molecular weight excluding hydrogens is 667 g/mol. The maximum absolute atomic E-state index is 13.2. The van der Waals surface area contributed by atoms with Gasteiger partial charge in [0.2, 0.25) is 0 Å². The van der Waals surface area contributed by atoms with Gasteiger partial charge in [0.05, 0.1) is 12.4 Å². The number of nitrogens with zero attached hydrogens (tertiary/aromatic N) is 2. The molecule has 8 nitrogen and oxygen atoms in total. The Hall–Kier alpha value is -5.96. The van der Waals surface area contributed by atoms with E-state index in [0.29, 0.717) is 21.2 Å². The smallest absolute Gasteiger partial charge is 0.271 e. The number of aromatic nitrogens is 2. The molecule has 246 valence electrons. The first kappa shape index (κ1) is 32.6. The van der Waals surface area contributed by atoms with Crippen molar-refractivity contribution in [3.63, 3.8) is 0 Å². The number of hydrogen-bond acceptors (Lipinski definition) is 4. The maximum Gasteiger partial charge on any atom is 0.271 e. The summed E-state index contributed by atoms with van der Waals surface area (Å²) in [7, 11) is 0. The number of carbonyl (C=O) groups excluding carboxylic acids is 2. The number of aryl methyl sites for hydroxylation is 1. The maximum atomic E-state index is 13.2. The van der Waals surface area contributed by atoms with E-state index in [4.69, 9.17) is 23.2 Å². The van der Waals surface area contributed by atoms with Crippen LogP contribution in [0.15, 0.2) is 132 Å². The van der Waals surface area contributed by atoms with Crippen LogP contribution >= 0.6 is 23.2 Å². The lowest BCUT2D eigenvalue weighted by Gasteiger charge is -2.18. The van der Waals surface area contributed by atoms with Gasteiger partial charge in [-0.25, -0.2) is 10.9 Å². The number of aromatic amines is 2. The quantitative estimate of drug-likeness (QED) is 0.0891. The molecule has 7 aromatic rings. The number of H-pyrrole nitrogens is 2. The summed E-state index contributed by atoms with van der Waals surface area (Å²) in [5.74, 6) is -0.907. The molecule has 0 unspecified atom stereocenters. The number of fused-ring (bicyclic) bond motifs is 2. The molecule has 0 aliphatic carbocycles. The predicted molar refractivity (Wildman–Crippen MR) is 202 cm³/mol. The molecule has 7 rings (SSSR count). The molecule has 50 heavy (non-hydrogen) atoms. The minimum Gasteiger partial charge on any atom is -0.361 e. The van der Waals surface area contributed by atoms with E-state index < -0.39 is 0 Å². The largest absolute Gasteiger partial charge is 0.361 e. The summed E-state index contributed by atoms with van der Waals surface area (Å²) in [5.41, 5.74) is 13.7. The number of hydrogen-bond donors (Lipinski definition) is 4. The van der Waals surface area contributed by atoms with Gasteiger partial charge in [-0.1, -0.05) is 77.3 Å². The Labute approximate surface area is 297 Å². The van der Waals surface area contributed by atoms with Crippen LogP contribution in [-0.4, -0.2) is 34.2 Å². The summed E-state index contributed by atoms with van der Waals surface area (Å²) in [6.07, 6.45) is 7.10. The predicted octanol–water partition coefficient (Wildman–Crippen LogP) is 8.97. The first-order chi connectivity index (χ1) is 24.3. The van der Waals surface area contributed by atoms with E-state index in [2.05, 4.69) is 62.2 Å². The van der Waals surface area contributed by atoms with Crippen LogP contribution in [0.5, 0.6) is 0 Å². The third-order valence-electron chi connectivity index (χ3n) is 8.48. The van der Waals surface area contributed by atoms with Crippen LogP contribution in [0.4, 0.5) is 0 Å². The van der Waals surface area contributed by atoms with E-state index in [1.165, 1.54) is 0 Å². The average Bonchev–Trinajstić information content (AvgIpc) is 3.75. The second-order valence-electron chi connectivity index (χ2n) is 11.9. The van der Waals surface area contributed by atoms with E-state index in [0.717, 1.165) is 55.2 Å². The van der Waals surface area contributed by atoms with Crippen molar-refractivity contribution in [1.82, 2.24) is 20.8 Å². The van der Waals surface area contributed by atoms with Crippen LogP contribution in [0.3, 0.4) is 0 Å². The Morgan fingerprint density at radius 2 is 1.06 bits per heavy atom. The van der Waals surface area contributed by atoms with Gasteiger partial charge in [0.1, 0.15) is 0 Å². The van der Waals surface area contributed by atoms with Gasteiger partial charge >= 0.3 is 0 Å². The molecular formula is C40H30Cl2N6O2. The van der Waals surface area contributed by atoms with Crippen molar-refractivity contribution in [3.8, 4) is 0 Å². The molecule has 4 N–H and O–H groups in total. The monoisotopic (exact) mass is 696 g/mol. The summed E-state index contributed by atoms with van der Waals surface area (Å²) in [6.45, 7) is 2.05. The zero-order valence-corrected chi connectivity index (χ0v) is 28.3. The number of halogens is 2. The highest BCUT2D eigenvalue weighted by molar-refractivity contribution is 6.31. The molecule has 0 saturated carbocycles. The van der Waals surface area contributed by atoms with Crippen LogP contribution < -0.4 is 10.9 Å². The lowest BCUT2D eigenvalue weighted by molar-refractivity contribution is 0.0947. The van der Waals surface area contributed by atoms with E-state index in [9.17, 15) is 9.59 Å². The molecule has 0 atom stereocenters. The van der Waals surface area contributed by atoms with Gasteiger partial charge in [-0.2, -0.15) is 10.2 Å². The average molecular weight is 698 g/mol. The number of nitrogens with one attached hydrogen (secondary N) is 4. The van der Waals surface area contributed by atoms with E-state index in [1.807, 2.05) is 60.9 Å². The van der Waals surface area contributed by atoms with E-state index in [-0.39, 0.29) is 17.7 Å². The summed E-state index contributed by atoms with van der Waals surface area (Å²) in [5, 5.41) is 11.3. The summed E-state index contributed by atoms with van der Waals surface area (Å²) in [6, 6.07) is 33.8. The minimum absolute atomic E-state index is 0.236. The van der Waals surface area contributed by atoms with Crippen LogP contribution in [0.1, 0.15) is 60.0 Å². The van der Waals surface area contributed by atoms with Crippen LogP contribution in [-0.2, 0) is 0 Å². The van der Waals surface area contributed by atoms with Gasteiger partial charge < -0.3 is 9.97 Å². The molecule has 0 aliphatic heterocycles. The lowest BCUT2D eigenvalue weighted by atomic mass is 9.84. The molecule has 5 aromatic carbocycles. The molecule has 2 aromatic heterocycles. The van der Waals surface area contributed by atoms with Crippen LogP contribution in [0.25, 0.3) is 21.8 Å². The summed E-state index contributed by atoms with van der Waals surface area (Å²) < 4.78 is 0. The fraction of sp³-hybridized carbons (Fsp3) is 0.0500. The topological polar surface area (TPSA) is 114 Å². The Balaban J connectivity index is 1.22. The fourth-order valence-corrected chi connectivity index (χ4v) is 6.14. The standard InChI is InChI=1S/C40H30Cl2N6O2/c1-24-2-8-27(9-3-24)38(34-22-43-36-16-10-28(18-32(34)36)39(49)47-45-20-25-4-12-30(41)13-5-25)35-23-44-37-17-11-29(19-33(35)37)40(50)48-46-21-26-6-14-31(42)15-7-26/h2-23,38,43-44H,1H3,(H,47,49)(H,48,50)/b45-20+,46-21+. The number of amides is 2. The van der Waals surface area contributed by atoms with E-state index >= 15 is 0 Å². The zero-order valence-electron chi connectivity index (χ0n) is 26.7. The Bertz CT molecular complexity index is 2240. The highest BCUT2D eigenvalue weighted by Crippen LogP contribution is 2.40. The first-order valence-corrected chi connectivity index (χ1v) is 16.5. The lowest BCUT2D eigenvalue weighted by Crippen LogP contribution is -2.17. The third-order valence-corrected chi connectivity index (χ3v) is 8.99. The molecule has 0 aliphatic rings. The molecule has 2 amide bonds. The van der Waals surface area contributed by atoms with Crippen molar-refractivity contribution < 1.29 is 9.59 Å². The molecule has 0 spiro atoms. The van der Waals surface area contributed by atoms with Gasteiger partial charge in [-0.05, 0) is 95.4 Å². The first-order valence-electron chi connectivity index (χ1n) is 15.8.